The Hall–Kier alpha value is -2.26. The van der Waals surface area contributed by atoms with Crippen molar-refractivity contribution >= 4 is 5.70 Å². The summed E-state index contributed by atoms with van der Waals surface area (Å²) < 4.78 is 0. The van der Waals surface area contributed by atoms with Gasteiger partial charge in [-0.25, -0.2) is 0 Å². The van der Waals surface area contributed by atoms with E-state index in [1.54, 1.807) is 12.1 Å². The second-order valence-electron chi connectivity index (χ2n) is 7.11. The van der Waals surface area contributed by atoms with Crippen molar-refractivity contribution in [3.05, 3.63) is 71.8 Å². The summed E-state index contributed by atoms with van der Waals surface area (Å²) >= 11 is 0. The summed E-state index contributed by atoms with van der Waals surface area (Å²) in [5.41, 5.74) is 4.70. The molecule has 132 valence electrons. The normalized spacial score (nSPS) is 15.9. The summed E-state index contributed by atoms with van der Waals surface area (Å²) in [6.45, 7) is 10.6. The fraction of sp³-hybridized carbons (Fsp3) is 0.364. The molecule has 3 nitrogen and oxygen atoms in total. The van der Waals surface area contributed by atoms with E-state index >= 15 is 0 Å². The van der Waals surface area contributed by atoms with Crippen LogP contribution in [0.4, 0.5) is 0 Å². The molecule has 1 saturated heterocycles. The van der Waals surface area contributed by atoms with Gasteiger partial charge in [0, 0.05) is 18.8 Å². The van der Waals surface area contributed by atoms with E-state index in [0.717, 1.165) is 37.4 Å². The third-order valence-electron chi connectivity index (χ3n) is 5.05. The number of benzene rings is 2. The summed E-state index contributed by atoms with van der Waals surface area (Å²) in [6, 6.07) is 16.1. The quantitative estimate of drug-likeness (QED) is 0.831. The number of aromatic hydroxyl groups is 1. The van der Waals surface area contributed by atoms with Crippen LogP contribution in [0.2, 0.25) is 0 Å². The number of hydrogen-bond acceptors (Lipinski definition) is 3. The maximum Gasteiger partial charge on any atom is 0.115 e. The molecule has 3 rings (SSSR count). The van der Waals surface area contributed by atoms with Gasteiger partial charge in [-0.1, -0.05) is 36.4 Å². The number of nitrogens with one attached hydrogen (secondary N) is 1. The van der Waals surface area contributed by atoms with Crippen molar-refractivity contribution in [3.8, 4) is 5.75 Å². The molecule has 0 atom stereocenters. The lowest BCUT2D eigenvalue weighted by atomic mass is 9.96. The Bertz CT molecular complexity index is 683. The first-order valence-corrected chi connectivity index (χ1v) is 9.10. The molecule has 3 heteroatoms. The van der Waals surface area contributed by atoms with Crippen LogP contribution in [0.3, 0.4) is 0 Å². The molecular formula is C22H28N2O. The van der Waals surface area contributed by atoms with Crippen LogP contribution in [-0.2, 0) is 6.54 Å². The molecule has 2 aromatic rings. The topological polar surface area (TPSA) is 35.5 Å². The molecule has 0 radical (unpaired) electrons. The monoisotopic (exact) mass is 336 g/mol. The highest BCUT2D eigenvalue weighted by molar-refractivity contribution is 5.62. The number of piperidine rings is 1. The molecule has 1 fully saturated rings. The first-order valence-electron chi connectivity index (χ1n) is 9.10. The Morgan fingerprint density at radius 3 is 2.36 bits per heavy atom. The molecule has 2 aromatic carbocycles. The van der Waals surface area contributed by atoms with Gasteiger partial charge in [0.25, 0.3) is 0 Å². The molecule has 0 spiro atoms. The predicted molar refractivity (Wildman–Crippen MR) is 104 cm³/mol. The van der Waals surface area contributed by atoms with E-state index in [-0.39, 0.29) is 5.75 Å². The van der Waals surface area contributed by atoms with Crippen LogP contribution in [0.15, 0.2) is 55.1 Å². The molecule has 0 aliphatic carbocycles. The minimum atomic E-state index is 0.289. The lowest BCUT2D eigenvalue weighted by Gasteiger charge is -2.32. The predicted octanol–water partition coefficient (Wildman–Crippen LogP) is 4.17. The van der Waals surface area contributed by atoms with Gasteiger partial charge in [-0.3, -0.25) is 4.90 Å². The SMILES string of the molecule is C=C(NCC1CCN(Cc2ccc(C)cc2)CC1)c1ccc(O)cc1. The van der Waals surface area contributed by atoms with Crippen molar-refractivity contribution in [3.63, 3.8) is 0 Å². The number of phenols is 1. The van der Waals surface area contributed by atoms with Gasteiger partial charge in [0.05, 0.1) is 0 Å². The summed E-state index contributed by atoms with van der Waals surface area (Å²) in [6.07, 6.45) is 2.45. The summed E-state index contributed by atoms with van der Waals surface area (Å²) in [5, 5.41) is 12.8. The number of rotatable bonds is 6. The summed E-state index contributed by atoms with van der Waals surface area (Å²) in [7, 11) is 0. The van der Waals surface area contributed by atoms with E-state index in [1.807, 2.05) is 12.1 Å². The zero-order chi connectivity index (χ0) is 17.6. The third-order valence-corrected chi connectivity index (χ3v) is 5.05. The van der Waals surface area contributed by atoms with Gasteiger partial charge in [-0.05, 0) is 74.2 Å². The second-order valence-corrected chi connectivity index (χ2v) is 7.11. The number of phenolic OH excluding ortho intramolecular Hbond substituents is 1. The highest BCUT2D eigenvalue weighted by Crippen LogP contribution is 2.20. The van der Waals surface area contributed by atoms with E-state index in [0.29, 0.717) is 5.92 Å². The Morgan fingerprint density at radius 1 is 1.08 bits per heavy atom. The minimum Gasteiger partial charge on any atom is -0.508 e. The highest BCUT2D eigenvalue weighted by atomic mass is 16.3. The summed E-state index contributed by atoms with van der Waals surface area (Å²) in [5.74, 6) is 0.987. The number of hydrogen-bond donors (Lipinski definition) is 2. The first kappa shape index (κ1) is 17.6. The molecule has 0 saturated carbocycles. The number of likely N-dealkylation sites (tertiary alicyclic amines) is 1. The maximum atomic E-state index is 9.36. The molecule has 0 bridgehead atoms. The Kier molecular flexibility index (Phi) is 5.77. The Labute approximate surface area is 151 Å². The van der Waals surface area contributed by atoms with Crippen molar-refractivity contribution < 1.29 is 5.11 Å². The van der Waals surface area contributed by atoms with Gasteiger partial charge in [-0.2, -0.15) is 0 Å². The van der Waals surface area contributed by atoms with Crippen molar-refractivity contribution in [1.82, 2.24) is 10.2 Å². The molecule has 1 heterocycles. The van der Waals surface area contributed by atoms with E-state index in [1.165, 1.54) is 24.0 Å². The minimum absolute atomic E-state index is 0.289. The molecule has 25 heavy (non-hydrogen) atoms. The van der Waals surface area contributed by atoms with E-state index in [2.05, 4.69) is 48.0 Å². The number of nitrogens with zero attached hydrogens (tertiary/aromatic N) is 1. The van der Waals surface area contributed by atoms with Crippen LogP contribution in [0.5, 0.6) is 5.75 Å². The van der Waals surface area contributed by atoms with E-state index in [9.17, 15) is 5.11 Å². The van der Waals surface area contributed by atoms with Crippen molar-refractivity contribution in [2.75, 3.05) is 19.6 Å². The molecule has 1 aliphatic rings. The highest BCUT2D eigenvalue weighted by Gasteiger charge is 2.19. The van der Waals surface area contributed by atoms with Crippen LogP contribution in [0, 0.1) is 12.8 Å². The van der Waals surface area contributed by atoms with Crippen molar-refractivity contribution in [2.24, 2.45) is 5.92 Å². The van der Waals surface area contributed by atoms with Gasteiger partial charge in [0.2, 0.25) is 0 Å². The lowest BCUT2D eigenvalue weighted by Crippen LogP contribution is -2.36. The number of aryl methyl sites for hydroxylation is 1. The molecule has 2 N–H and O–H groups in total. The molecular weight excluding hydrogens is 308 g/mol. The van der Waals surface area contributed by atoms with Gasteiger partial charge in [0.1, 0.15) is 5.75 Å². The van der Waals surface area contributed by atoms with Gasteiger partial charge in [-0.15, -0.1) is 0 Å². The van der Waals surface area contributed by atoms with Gasteiger partial charge < -0.3 is 10.4 Å². The zero-order valence-electron chi connectivity index (χ0n) is 15.0. The van der Waals surface area contributed by atoms with Crippen LogP contribution >= 0.6 is 0 Å². The summed E-state index contributed by atoms with van der Waals surface area (Å²) in [4.78, 5) is 2.55. The maximum absolute atomic E-state index is 9.36. The fourth-order valence-corrected chi connectivity index (χ4v) is 3.33. The first-order chi connectivity index (χ1) is 12.1. The second kappa shape index (κ2) is 8.21. The third kappa shape index (κ3) is 5.10. The van der Waals surface area contributed by atoms with Gasteiger partial charge in [0.15, 0.2) is 0 Å². The largest absolute Gasteiger partial charge is 0.508 e. The molecule has 0 unspecified atom stereocenters. The fourth-order valence-electron chi connectivity index (χ4n) is 3.33. The smallest absolute Gasteiger partial charge is 0.115 e. The average Bonchev–Trinajstić information content (AvgIpc) is 2.63. The molecule has 0 aromatic heterocycles. The van der Waals surface area contributed by atoms with Crippen LogP contribution in [0.25, 0.3) is 5.70 Å². The average molecular weight is 336 g/mol. The van der Waals surface area contributed by atoms with Crippen molar-refractivity contribution in [2.45, 2.75) is 26.3 Å². The molecule has 0 amide bonds. The lowest BCUT2D eigenvalue weighted by molar-refractivity contribution is 0.178. The van der Waals surface area contributed by atoms with Crippen LogP contribution < -0.4 is 5.32 Å². The van der Waals surface area contributed by atoms with E-state index < -0.39 is 0 Å². The van der Waals surface area contributed by atoms with Crippen molar-refractivity contribution in [1.29, 1.82) is 0 Å². The van der Waals surface area contributed by atoms with Crippen LogP contribution in [0.1, 0.15) is 29.5 Å². The van der Waals surface area contributed by atoms with Gasteiger partial charge >= 0.3 is 0 Å². The Balaban J connectivity index is 1.41. The zero-order valence-corrected chi connectivity index (χ0v) is 15.0. The van der Waals surface area contributed by atoms with Crippen LogP contribution in [-0.4, -0.2) is 29.6 Å². The molecule has 1 aliphatic heterocycles. The van der Waals surface area contributed by atoms with E-state index in [4.69, 9.17) is 0 Å². The standard InChI is InChI=1S/C22H28N2O/c1-17-3-5-20(6-4-17)16-24-13-11-19(12-14-24)15-23-18(2)21-7-9-22(25)10-8-21/h3-10,19,23,25H,2,11-16H2,1H3. The Morgan fingerprint density at radius 2 is 1.72 bits per heavy atom.